The molecule has 1 aliphatic rings. The zero-order chi connectivity index (χ0) is 19.3. The minimum atomic E-state index is -3.47. The van der Waals surface area contributed by atoms with E-state index < -0.39 is 10.0 Å². The van der Waals surface area contributed by atoms with Gasteiger partial charge in [-0.3, -0.25) is 4.79 Å². The Labute approximate surface area is 160 Å². The van der Waals surface area contributed by atoms with Crippen molar-refractivity contribution in [1.29, 1.82) is 0 Å². The highest BCUT2D eigenvalue weighted by atomic mass is 32.2. The Balaban J connectivity index is 1.55. The molecule has 27 heavy (non-hydrogen) atoms. The molecule has 0 aromatic heterocycles. The van der Waals surface area contributed by atoms with Crippen LogP contribution in [0.1, 0.15) is 24.0 Å². The van der Waals surface area contributed by atoms with E-state index in [9.17, 15) is 13.2 Å². The molecule has 1 saturated heterocycles. The molecule has 0 aliphatic carbocycles. The van der Waals surface area contributed by atoms with Crippen LogP contribution in [-0.2, 0) is 14.8 Å². The smallest absolute Gasteiger partial charge is 0.236 e. The summed E-state index contributed by atoms with van der Waals surface area (Å²) in [4.78, 5) is 12.4. The monoisotopic (exact) mass is 384 g/mol. The topological polar surface area (TPSA) is 66.5 Å². The van der Waals surface area contributed by atoms with Crippen molar-refractivity contribution in [3.05, 3.63) is 71.1 Å². The van der Waals surface area contributed by atoms with E-state index in [1.807, 2.05) is 61.5 Å². The summed E-state index contributed by atoms with van der Waals surface area (Å²) >= 11 is 0. The second kappa shape index (κ2) is 8.50. The molecular formula is C21H24N2O3S. The fourth-order valence-corrected chi connectivity index (χ4v) is 4.29. The van der Waals surface area contributed by atoms with Crippen molar-refractivity contribution < 1.29 is 13.2 Å². The predicted molar refractivity (Wildman–Crippen MR) is 109 cm³/mol. The minimum Gasteiger partial charge on any atom is -0.326 e. The first-order chi connectivity index (χ1) is 12.9. The van der Waals surface area contributed by atoms with Crippen LogP contribution in [0.2, 0.25) is 0 Å². The van der Waals surface area contributed by atoms with Crippen LogP contribution >= 0.6 is 0 Å². The number of benzene rings is 2. The zero-order valence-corrected chi connectivity index (χ0v) is 16.2. The summed E-state index contributed by atoms with van der Waals surface area (Å²) in [6.45, 7) is 2.70. The van der Waals surface area contributed by atoms with Crippen LogP contribution in [0.5, 0.6) is 0 Å². The van der Waals surface area contributed by atoms with Gasteiger partial charge in [0.15, 0.2) is 0 Å². The number of carbonyl (C=O) groups excluding carboxylic acids is 1. The van der Waals surface area contributed by atoms with E-state index in [1.54, 1.807) is 6.08 Å². The lowest BCUT2D eigenvalue weighted by molar-refractivity contribution is -0.120. The number of rotatable bonds is 5. The number of hydrogen-bond acceptors (Lipinski definition) is 3. The third kappa shape index (κ3) is 5.28. The summed E-state index contributed by atoms with van der Waals surface area (Å²) in [5, 5.41) is 4.16. The number of nitrogens with zero attached hydrogens (tertiary/aromatic N) is 1. The molecule has 3 rings (SSSR count). The Morgan fingerprint density at radius 2 is 1.67 bits per heavy atom. The largest absolute Gasteiger partial charge is 0.326 e. The Hall–Kier alpha value is -2.44. The Kier molecular flexibility index (Phi) is 6.08. The second-order valence-corrected chi connectivity index (χ2v) is 8.61. The molecule has 1 N–H and O–H groups in total. The highest BCUT2D eigenvalue weighted by Crippen LogP contribution is 2.22. The second-order valence-electron chi connectivity index (χ2n) is 6.79. The van der Waals surface area contributed by atoms with Gasteiger partial charge in [0, 0.05) is 30.1 Å². The fourth-order valence-electron chi connectivity index (χ4n) is 3.07. The van der Waals surface area contributed by atoms with Crippen molar-refractivity contribution in [3.63, 3.8) is 0 Å². The maximum absolute atomic E-state index is 12.5. The summed E-state index contributed by atoms with van der Waals surface area (Å²) in [6, 6.07) is 17.0. The maximum Gasteiger partial charge on any atom is 0.236 e. The van der Waals surface area contributed by atoms with Gasteiger partial charge < -0.3 is 5.32 Å². The van der Waals surface area contributed by atoms with Gasteiger partial charge in [-0.2, -0.15) is 4.31 Å². The Morgan fingerprint density at radius 3 is 2.30 bits per heavy atom. The number of carbonyl (C=O) groups is 1. The number of piperidine rings is 1. The van der Waals surface area contributed by atoms with E-state index in [-0.39, 0.29) is 11.8 Å². The van der Waals surface area contributed by atoms with E-state index in [0.717, 1.165) is 16.8 Å². The molecular weight excluding hydrogens is 360 g/mol. The highest BCUT2D eigenvalue weighted by Gasteiger charge is 2.29. The Morgan fingerprint density at radius 1 is 1.04 bits per heavy atom. The van der Waals surface area contributed by atoms with E-state index in [1.165, 1.54) is 9.71 Å². The van der Waals surface area contributed by atoms with Gasteiger partial charge >= 0.3 is 0 Å². The highest BCUT2D eigenvalue weighted by molar-refractivity contribution is 7.92. The molecule has 2 aromatic rings. The molecule has 6 heteroatoms. The first-order valence-corrected chi connectivity index (χ1v) is 10.6. The predicted octanol–water partition coefficient (Wildman–Crippen LogP) is 3.65. The third-order valence-electron chi connectivity index (χ3n) is 4.74. The molecule has 1 amide bonds. The first kappa shape index (κ1) is 19.3. The van der Waals surface area contributed by atoms with E-state index in [4.69, 9.17) is 0 Å². The molecule has 1 heterocycles. The van der Waals surface area contributed by atoms with E-state index >= 15 is 0 Å². The molecule has 2 aromatic carbocycles. The van der Waals surface area contributed by atoms with Gasteiger partial charge in [0.2, 0.25) is 15.9 Å². The van der Waals surface area contributed by atoms with Crippen molar-refractivity contribution >= 4 is 27.7 Å². The lowest BCUT2D eigenvalue weighted by Gasteiger charge is -2.29. The molecule has 0 bridgehead atoms. The van der Waals surface area contributed by atoms with Crippen molar-refractivity contribution in [1.82, 2.24) is 4.31 Å². The molecule has 0 atom stereocenters. The summed E-state index contributed by atoms with van der Waals surface area (Å²) in [5.74, 6) is -0.216. The van der Waals surface area contributed by atoms with Crippen LogP contribution in [0.4, 0.5) is 5.69 Å². The molecule has 0 saturated carbocycles. The Bertz CT molecular complexity index is 898. The summed E-state index contributed by atoms with van der Waals surface area (Å²) in [7, 11) is -3.47. The maximum atomic E-state index is 12.5. The van der Waals surface area contributed by atoms with Gasteiger partial charge in [0.25, 0.3) is 0 Å². The van der Waals surface area contributed by atoms with Crippen molar-refractivity contribution in [2.75, 3.05) is 18.4 Å². The molecule has 1 fully saturated rings. The number of amides is 1. The van der Waals surface area contributed by atoms with Gasteiger partial charge in [-0.15, -0.1) is 0 Å². The minimum absolute atomic E-state index is 0.0456. The van der Waals surface area contributed by atoms with Crippen molar-refractivity contribution in [3.8, 4) is 0 Å². The first-order valence-electron chi connectivity index (χ1n) is 9.05. The normalized spacial score (nSPS) is 16.5. The quantitative estimate of drug-likeness (QED) is 0.856. The van der Waals surface area contributed by atoms with Gasteiger partial charge in [-0.25, -0.2) is 8.42 Å². The summed E-state index contributed by atoms with van der Waals surface area (Å²) in [5.41, 5.74) is 2.75. The van der Waals surface area contributed by atoms with Crippen LogP contribution in [0.3, 0.4) is 0 Å². The number of aryl methyl sites for hydroxylation is 1. The zero-order valence-electron chi connectivity index (χ0n) is 15.3. The van der Waals surface area contributed by atoms with Crippen LogP contribution in [0.15, 0.2) is 60.0 Å². The van der Waals surface area contributed by atoms with Gasteiger partial charge in [0.1, 0.15) is 0 Å². The van der Waals surface area contributed by atoms with Crippen LogP contribution in [0.25, 0.3) is 6.08 Å². The lowest BCUT2D eigenvalue weighted by atomic mass is 9.97. The van der Waals surface area contributed by atoms with Crippen LogP contribution in [-0.4, -0.2) is 31.7 Å². The summed E-state index contributed by atoms with van der Waals surface area (Å²) < 4.78 is 26.4. The van der Waals surface area contributed by atoms with Gasteiger partial charge in [-0.1, -0.05) is 48.0 Å². The third-order valence-corrected chi connectivity index (χ3v) is 6.30. The SMILES string of the molecule is Cc1ccc(NC(=O)C2CCN(S(=O)(=O)/C=C/c3ccccc3)CC2)cc1. The molecule has 5 nitrogen and oxygen atoms in total. The molecule has 0 spiro atoms. The van der Waals surface area contributed by atoms with E-state index in [2.05, 4.69) is 5.32 Å². The lowest BCUT2D eigenvalue weighted by Crippen LogP contribution is -2.40. The summed E-state index contributed by atoms with van der Waals surface area (Å²) in [6.07, 6.45) is 2.65. The standard InChI is InChI=1S/C21H24N2O3S/c1-17-7-9-20(10-8-17)22-21(24)19-11-14-23(15-12-19)27(25,26)16-13-18-5-3-2-4-6-18/h2-10,13,16,19H,11-12,14-15H2,1H3,(H,22,24)/b16-13+. The fraction of sp³-hybridized carbons (Fsp3) is 0.286. The molecule has 1 aliphatic heterocycles. The number of nitrogens with one attached hydrogen (secondary N) is 1. The molecule has 0 unspecified atom stereocenters. The average molecular weight is 385 g/mol. The van der Waals surface area contributed by atoms with Crippen LogP contribution < -0.4 is 5.32 Å². The number of hydrogen-bond donors (Lipinski definition) is 1. The molecule has 142 valence electrons. The number of sulfonamides is 1. The molecule has 0 radical (unpaired) electrons. The van der Waals surface area contributed by atoms with E-state index in [0.29, 0.717) is 25.9 Å². The average Bonchev–Trinajstić information content (AvgIpc) is 2.69. The van der Waals surface area contributed by atoms with Crippen molar-refractivity contribution in [2.45, 2.75) is 19.8 Å². The van der Waals surface area contributed by atoms with Crippen molar-refractivity contribution in [2.24, 2.45) is 5.92 Å². The van der Waals surface area contributed by atoms with Gasteiger partial charge in [-0.05, 0) is 43.5 Å². The number of anilines is 1. The van der Waals surface area contributed by atoms with Crippen LogP contribution in [0, 0.1) is 12.8 Å². The van der Waals surface area contributed by atoms with Gasteiger partial charge in [0.05, 0.1) is 0 Å².